The fraction of sp³-hybridized carbons (Fsp3) is 0.357. The van der Waals surface area contributed by atoms with Crippen LogP contribution in [-0.2, 0) is 65.8 Å². The third-order valence-corrected chi connectivity index (χ3v) is 23.2. The molecule has 4 atom stereocenters. The monoisotopic (exact) mass is 1100 g/mol. The van der Waals surface area contributed by atoms with Crippen LogP contribution < -0.4 is 21.3 Å². The fourth-order valence-electron chi connectivity index (χ4n) is 11.4. The Kier molecular flexibility index (Phi) is 15.2. The normalized spacial score (nSPS) is 25.5. The van der Waals surface area contributed by atoms with Crippen LogP contribution in [-0.4, -0.2) is 103 Å². The topological polar surface area (TPSA) is 198 Å². The summed E-state index contributed by atoms with van der Waals surface area (Å²) in [6.07, 6.45) is 4.05. The molecule has 8 aliphatic heterocycles. The molecule has 0 aliphatic carbocycles. The van der Waals surface area contributed by atoms with E-state index < -0.39 is 64.8 Å². The smallest absolute Gasteiger partial charge is 0.245 e. The van der Waals surface area contributed by atoms with Gasteiger partial charge in [-0.25, -0.2) is 33.7 Å². The van der Waals surface area contributed by atoms with E-state index in [1.807, 2.05) is 97.1 Å². The van der Waals surface area contributed by atoms with Crippen molar-refractivity contribution in [3.05, 3.63) is 190 Å². The van der Waals surface area contributed by atoms with E-state index in [1.54, 1.807) is 65.8 Å². The molecule has 0 radical (unpaired) electrons. The van der Waals surface area contributed by atoms with Gasteiger partial charge >= 0.3 is 0 Å². The molecule has 0 saturated carbocycles. The van der Waals surface area contributed by atoms with E-state index in [0.29, 0.717) is 97.6 Å². The van der Waals surface area contributed by atoms with E-state index in [2.05, 4.69) is 21.3 Å². The molecule has 20 heteroatoms. The van der Waals surface area contributed by atoms with Gasteiger partial charge in [-0.3, -0.25) is 21.3 Å². The minimum Gasteiger partial charge on any atom is -0.297 e. The Morgan fingerprint density at radius 2 is 0.487 bits per heavy atom. The fourth-order valence-corrected chi connectivity index (χ4v) is 18.6. The molecule has 0 fully saturated rings. The van der Waals surface area contributed by atoms with Gasteiger partial charge in [-0.05, 0) is 124 Å². The van der Waals surface area contributed by atoms with Crippen LogP contribution in [0.5, 0.6) is 0 Å². The predicted molar refractivity (Wildman–Crippen MR) is 290 cm³/mol. The molecule has 400 valence electrons. The minimum absolute atomic E-state index is 0.376. The van der Waals surface area contributed by atoms with Crippen molar-refractivity contribution in [1.82, 2.24) is 38.5 Å². The van der Waals surface area contributed by atoms with E-state index in [0.717, 1.165) is 70.2 Å². The number of hydrogen-bond donors (Lipinski definition) is 4. The van der Waals surface area contributed by atoms with Crippen LogP contribution in [0.3, 0.4) is 0 Å². The van der Waals surface area contributed by atoms with E-state index in [-0.39, 0.29) is 0 Å². The first kappa shape index (κ1) is 52.8. The Morgan fingerprint density at radius 3 is 0.697 bits per heavy atom. The third kappa shape index (κ3) is 10.1. The molecule has 0 saturated heterocycles. The van der Waals surface area contributed by atoms with Gasteiger partial charge in [0.05, 0.1) is 19.6 Å². The van der Waals surface area contributed by atoms with Gasteiger partial charge < -0.3 is 0 Å². The number of nitrogens with zero attached hydrogens (tertiary/aromatic N) is 4. The van der Waals surface area contributed by atoms with Crippen molar-refractivity contribution in [2.75, 3.05) is 52.4 Å². The lowest BCUT2D eigenvalue weighted by atomic mass is 10.1. The van der Waals surface area contributed by atoms with Crippen LogP contribution in [0.4, 0.5) is 0 Å². The maximum absolute atomic E-state index is 13.4. The zero-order valence-corrected chi connectivity index (χ0v) is 45.4. The summed E-state index contributed by atoms with van der Waals surface area (Å²) in [4.78, 5) is 1.51. The highest BCUT2D eigenvalue weighted by Gasteiger charge is 2.45. The molecule has 14 rings (SSSR count). The largest absolute Gasteiger partial charge is 0.297 e. The van der Waals surface area contributed by atoms with Crippen molar-refractivity contribution in [2.24, 2.45) is 0 Å². The maximum atomic E-state index is 13.4. The van der Waals surface area contributed by atoms with Gasteiger partial charge in [0.15, 0.2) is 0 Å². The second kappa shape index (κ2) is 21.9. The average Bonchev–Trinajstić information content (AvgIpc) is 4.00. The maximum Gasteiger partial charge on any atom is 0.245 e. The summed E-state index contributed by atoms with van der Waals surface area (Å²) < 4.78 is 113. The number of rotatable bonds is 0. The van der Waals surface area contributed by atoms with Gasteiger partial charge in [0, 0.05) is 48.4 Å². The van der Waals surface area contributed by atoms with E-state index in [1.165, 1.54) is 0 Å². The summed E-state index contributed by atoms with van der Waals surface area (Å²) in [6, 6.07) is 45.0. The van der Waals surface area contributed by atoms with Gasteiger partial charge in [-0.15, -0.1) is 0 Å². The van der Waals surface area contributed by atoms with Crippen LogP contribution in [0.25, 0.3) is 0 Å². The molecule has 0 spiro atoms. The Labute approximate surface area is 447 Å². The number of benzene rings is 6. The highest BCUT2D eigenvalue weighted by molar-refractivity contribution is 7.90. The van der Waals surface area contributed by atoms with E-state index in [9.17, 15) is 33.7 Å². The van der Waals surface area contributed by atoms with Crippen molar-refractivity contribution in [2.45, 2.75) is 95.6 Å². The molecular formula is C56H64N8O8S4. The molecule has 0 amide bonds. The summed E-state index contributed by atoms with van der Waals surface area (Å²) in [6.45, 7) is 4.08. The molecule has 4 bridgehead atoms. The number of hydrogen-bond acceptors (Lipinski definition) is 12. The second-order valence-corrected chi connectivity index (χ2v) is 27.5. The Hall–Kier alpha value is -5.20. The Bertz CT molecular complexity index is 3080. The zero-order chi connectivity index (χ0) is 52.7. The van der Waals surface area contributed by atoms with Crippen LogP contribution >= 0.6 is 0 Å². The molecular weight excluding hydrogens is 1040 g/mol. The summed E-state index contributed by atoms with van der Waals surface area (Å²) in [5.41, 5.74) is 7.33. The zero-order valence-electron chi connectivity index (χ0n) is 42.2. The lowest BCUT2D eigenvalue weighted by molar-refractivity contribution is 0.282. The van der Waals surface area contributed by atoms with Crippen molar-refractivity contribution in [3.8, 4) is 0 Å². The minimum atomic E-state index is -3.57. The van der Waals surface area contributed by atoms with Crippen LogP contribution in [0, 0.1) is 0 Å². The van der Waals surface area contributed by atoms with Gasteiger partial charge in [0.25, 0.3) is 0 Å². The number of sulfonamides is 4. The highest BCUT2D eigenvalue weighted by Crippen LogP contribution is 2.42. The molecule has 8 aliphatic rings. The molecule has 4 N–H and O–H groups in total. The third-order valence-electron chi connectivity index (χ3n) is 15.4. The van der Waals surface area contributed by atoms with Crippen molar-refractivity contribution in [1.29, 1.82) is 0 Å². The first-order valence-corrected chi connectivity index (χ1v) is 32.0. The average molecular weight is 1110 g/mol. The quantitative estimate of drug-likeness (QED) is 0.133. The number of nitrogens with one attached hydrogen (secondary N) is 4. The van der Waals surface area contributed by atoms with Crippen LogP contribution in [0.15, 0.2) is 165 Å². The molecule has 0 unspecified atom stereocenters. The predicted octanol–water partition coefficient (Wildman–Crippen LogP) is 6.30. The van der Waals surface area contributed by atoms with Crippen molar-refractivity contribution < 1.29 is 33.7 Å². The summed E-state index contributed by atoms with van der Waals surface area (Å²) in [7, 11) is -14.3. The van der Waals surface area contributed by atoms with Gasteiger partial charge in [-0.1, -0.05) is 121 Å². The molecule has 6 aromatic carbocycles. The molecule has 76 heavy (non-hydrogen) atoms. The van der Waals surface area contributed by atoms with Gasteiger partial charge in [-0.2, -0.15) is 17.2 Å². The molecule has 16 nitrogen and oxygen atoms in total. The van der Waals surface area contributed by atoms with Crippen LogP contribution in [0.2, 0.25) is 0 Å². The lowest BCUT2D eigenvalue weighted by Gasteiger charge is -2.26. The van der Waals surface area contributed by atoms with Crippen LogP contribution in [0.1, 0.15) is 94.9 Å². The Morgan fingerprint density at radius 1 is 0.289 bits per heavy atom. The first-order chi connectivity index (χ1) is 36.7. The Balaban J connectivity index is 0.000000162. The van der Waals surface area contributed by atoms with Crippen molar-refractivity contribution >= 4 is 40.1 Å². The molecule has 0 aromatic heterocycles. The second-order valence-electron chi connectivity index (χ2n) is 20.1. The lowest BCUT2D eigenvalue weighted by Crippen LogP contribution is -2.39. The highest BCUT2D eigenvalue weighted by atomic mass is 32.2. The van der Waals surface area contributed by atoms with Crippen molar-refractivity contribution in [3.63, 3.8) is 0 Å². The SMILES string of the molecule is O=S1(=O)c2ccccc2[C@@H]2NCCCCN[C@H]3c4ccccc4S(=O)(=O)N3CCc3ccc(cc3)CCN21.O=S1(=O)c2ccccc2[C@@H]2NCCCCN[C@H]3c4ccccc4S(=O)(=O)N3CCc3ccc(cc3)CCN21. The summed E-state index contributed by atoms with van der Waals surface area (Å²) in [5, 5.41) is 13.9. The molecule has 8 heterocycles. The molecule has 6 aromatic rings. The summed E-state index contributed by atoms with van der Waals surface area (Å²) >= 11 is 0. The summed E-state index contributed by atoms with van der Waals surface area (Å²) in [5.74, 6) is 0. The van der Waals surface area contributed by atoms with Gasteiger partial charge in [0.2, 0.25) is 40.1 Å². The number of fused-ring (bicyclic) bond motifs is 22. The van der Waals surface area contributed by atoms with E-state index >= 15 is 0 Å². The van der Waals surface area contributed by atoms with E-state index in [4.69, 9.17) is 0 Å². The first-order valence-electron chi connectivity index (χ1n) is 26.3. The van der Waals surface area contributed by atoms with Gasteiger partial charge in [0.1, 0.15) is 24.7 Å². The standard InChI is InChI=1S/2C28H32N4O4S2/c2*33-37(34)25-9-3-1-7-23(25)27-29-17-5-6-18-30-28-24-8-2-4-10-26(24)38(35,36)32(28)20-16-22-13-11-21(12-14-22)15-19-31(27)37/h2*1-4,7-14,27-30H,5-6,15-20H2/t2*27-,28-/m11/s1.